The van der Waals surface area contributed by atoms with E-state index in [-0.39, 0.29) is 23.9 Å². The number of rotatable bonds is 5. The minimum absolute atomic E-state index is 0.0249. The number of hydrogen-bond acceptors (Lipinski definition) is 6. The first-order valence-corrected chi connectivity index (χ1v) is 9.08. The maximum Gasteiger partial charge on any atom is 0.373 e. The third-order valence-electron chi connectivity index (χ3n) is 4.65. The molecule has 1 aromatic rings. The Bertz CT molecular complexity index is 724. The fraction of sp³-hybridized carbons (Fsp3) is 0.476. The van der Waals surface area contributed by atoms with Gasteiger partial charge in [0.15, 0.2) is 0 Å². The van der Waals surface area contributed by atoms with Gasteiger partial charge in [-0.2, -0.15) is 9.59 Å². The van der Waals surface area contributed by atoms with Crippen LogP contribution in [0.1, 0.15) is 36.7 Å². The zero-order valence-electron chi connectivity index (χ0n) is 16.8. The third kappa shape index (κ3) is 6.76. The second-order valence-electron chi connectivity index (χ2n) is 6.67. The van der Waals surface area contributed by atoms with E-state index in [9.17, 15) is 9.59 Å². The molecule has 0 bridgehead atoms. The Kier molecular flexibility index (Phi) is 9.85. The van der Waals surface area contributed by atoms with Gasteiger partial charge in [0.05, 0.1) is 20.3 Å². The summed E-state index contributed by atoms with van der Waals surface area (Å²) in [4.78, 5) is 42.6. The molecule has 0 radical (unpaired) electrons. The molecule has 0 aromatic heterocycles. The fourth-order valence-corrected chi connectivity index (χ4v) is 2.76. The third-order valence-corrected chi connectivity index (χ3v) is 4.65. The van der Waals surface area contributed by atoms with E-state index in [1.807, 2.05) is 31.2 Å². The molecule has 0 spiro atoms. The highest BCUT2D eigenvalue weighted by molar-refractivity contribution is 5.94. The Balaban J connectivity index is 0.00000122. The summed E-state index contributed by atoms with van der Waals surface area (Å²) in [6, 6.07) is 7.47. The first-order chi connectivity index (χ1) is 13.3. The van der Waals surface area contributed by atoms with Crippen molar-refractivity contribution in [2.75, 3.05) is 33.4 Å². The van der Waals surface area contributed by atoms with Crippen LogP contribution in [0.2, 0.25) is 0 Å². The lowest BCUT2D eigenvalue weighted by atomic mass is 9.94. The van der Waals surface area contributed by atoms with Gasteiger partial charge in [0.25, 0.3) is 5.91 Å². The lowest BCUT2D eigenvalue weighted by molar-refractivity contribution is -0.191. The first kappa shape index (κ1) is 23.3. The molecule has 7 heteroatoms. The molecule has 0 N–H and O–H groups in total. The molecule has 0 saturated carbocycles. The molecule has 0 aliphatic carbocycles. The summed E-state index contributed by atoms with van der Waals surface area (Å²) in [7, 11) is 1.40. The molecule has 1 aliphatic rings. The second-order valence-corrected chi connectivity index (χ2v) is 6.67. The SMILES string of the molecule is COC(=O)/C(Cc1ccc(C(=O)N2CCOCC2)cc1)=C(\C)C(C)C.O=C=O. The molecular weight excluding hydrogens is 362 g/mol. The van der Waals surface area contributed by atoms with Gasteiger partial charge in [0, 0.05) is 30.6 Å². The number of morpholine rings is 1. The highest BCUT2D eigenvalue weighted by Gasteiger charge is 2.19. The number of carbonyl (C=O) groups excluding carboxylic acids is 4. The normalized spacial score (nSPS) is 14.4. The van der Waals surface area contributed by atoms with E-state index in [1.54, 1.807) is 4.90 Å². The quantitative estimate of drug-likeness (QED) is 0.567. The van der Waals surface area contributed by atoms with Crippen molar-refractivity contribution in [2.45, 2.75) is 27.2 Å². The Morgan fingerprint density at radius 2 is 1.68 bits per heavy atom. The van der Waals surface area contributed by atoms with Crippen LogP contribution in [0.25, 0.3) is 0 Å². The van der Waals surface area contributed by atoms with Crippen LogP contribution in [-0.2, 0) is 30.3 Å². The smallest absolute Gasteiger partial charge is 0.373 e. The zero-order valence-corrected chi connectivity index (χ0v) is 16.8. The molecule has 2 rings (SSSR count). The van der Waals surface area contributed by atoms with Gasteiger partial charge in [0.2, 0.25) is 0 Å². The van der Waals surface area contributed by atoms with Gasteiger partial charge in [-0.1, -0.05) is 31.6 Å². The van der Waals surface area contributed by atoms with Crippen molar-refractivity contribution in [3.05, 3.63) is 46.5 Å². The van der Waals surface area contributed by atoms with Gasteiger partial charge in [-0.3, -0.25) is 4.79 Å². The molecule has 1 heterocycles. The zero-order chi connectivity index (χ0) is 21.1. The average Bonchev–Trinajstić information content (AvgIpc) is 2.72. The molecule has 1 amide bonds. The van der Waals surface area contributed by atoms with E-state index in [4.69, 9.17) is 19.1 Å². The molecule has 1 fully saturated rings. The Labute approximate surface area is 165 Å². The standard InChI is InChI=1S/C20H27NO4.CO2/c1-14(2)15(3)18(20(23)24-4)13-16-5-7-17(8-6-16)19(22)21-9-11-25-12-10-21;2-1-3/h5-8,14H,9-13H2,1-4H3;/b18-15+;. The van der Waals surface area contributed by atoms with E-state index in [2.05, 4.69) is 13.8 Å². The van der Waals surface area contributed by atoms with Crippen molar-refractivity contribution in [3.8, 4) is 0 Å². The van der Waals surface area contributed by atoms with Crippen molar-refractivity contribution < 1.29 is 28.7 Å². The van der Waals surface area contributed by atoms with Crippen LogP contribution in [0.15, 0.2) is 35.4 Å². The maximum absolute atomic E-state index is 12.5. The van der Waals surface area contributed by atoms with E-state index in [1.165, 1.54) is 7.11 Å². The van der Waals surface area contributed by atoms with Crippen LogP contribution < -0.4 is 0 Å². The van der Waals surface area contributed by atoms with E-state index in [0.717, 1.165) is 11.1 Å². The van der Waals surface area contributed by atoms with Gasteiger partial charge in [-0.05, 0) is 30.5 Å². The van der Waals surface area contributed by atoms with Gasteiger partial charge in [-0.25, -0.2) is 4.79 Å². The predicted octanol–water partition coefficient (Wildman–Crippen LogP) is 2.26. The number of amides is 1. The maximum atomic E-state index is 12.5. The predicted molar refractivity (Wildman–Crippen MR) is 101 cm³/mol. The van der Waals surface area contributed by atoms with Crippen molar-refractivity contribution in [2.24, 2.45) is 5.92 Å². The van der Waals surface area contributed by atoms with E-state index >= 15 is 0 Å². The Morgan fingerprint density at radius 3 is 2.14 bits per heavy atom. The van der Waals surface area contributed by atoms with E-state index in [0.29, 0.717) is 43.9 Å². The summed E-state index contributed by atoms with van der Waals surface area (Å²) in [5.41, 5.74) is 3.36. The Morgan fingerprint density at radius 1 is 1.14 bits per heavy atom. The molecule has 7 nitrogen and oxygen atoms in total. The van der Waals surface area contributed by atoms with Gasteiger partial charge in [0.1, 0.15) is 0 Å². The first-order valence-electron chi connectivity index (χ1n) is 9.08. The van der Waals surface area contributed by atoms with Crippen LogP contribution in [0.4, 0.5) is 0 Å². The Hall–Kier alpha value is -2.76. The number of ether oxygens (including phenoxy) is 2. The van der Waals surface area contributed by atoms with Gasteiger partial charge >= 0.3 is 12.1 Å². The lowest BCUT2D eigenvalue weighted by Crippen LogP contribution is -2.40. The molecule has 1 aliphatic heterocycles. The largest absolute Gasteiger partial charge is 0.466 e. The van der Waals surface area contributed by atoms with Gasteiger partial charge in [-0.15, -0.1) is 0 Å². The summed E-state index contributed by atoms with van der Waals surface area (Å²) >= 11 is 0. The summed E-state index contributed by atoms with van der Waals surface area (Å²) in [6.45, 7) is 8.52. The van der Waals surface area contributed by atoms with Crippen LogP contribution in [-0.4, -0.2) is 56.3 Å². The minimum atomic E-state index is -0.292. The van der Waals surface area contributed by atoms with Crippen LogP contribution >= 0.6 is 0 Å². The average molecular weight is 389 g/mol. The van der Waals surface area contributed by atoms with Crippen molar-refractivity contribution >= 4 is 18.0 Å². The number of nitrogens with zero attached hydrogens (tertiary/aromatic N) is 1. The topological polar surface area (TPSA) is 90.0 Å². The van der Waals surface area contributed by atoms with Gasteiger partial charge < -0.3 is 14.4 Å². The summed E-state index contributed by atoms with van der Waals surface area (Å²) in [6.07, 6.45) is 0.753. The van der Waals surface area contributed by atoms with Crippen molar-refractivity contribution in [3.63, 3.8) is 0 Å². The summed E-state index contributed by atoms with van der Waals surface area (Å²) in [5, 5.41) is 0. The molecule has 0 unspecified atom stereocenters. The van der Waals surface area contributed by atoms with Crippen molar-refractivity contribution in [1.82, 2.24) is 4.90 Å². The molecule has 1 aromatic carbocycles. The molecular formula is C21H27NO6. The van der Waals surface area contributed by atoms with Crippen LogP contribution in [0.5, 0.6) is 0 Å². The minimum Gasteiger partial charge on any atom is -0.466 e. The number of carbonyl (C=O) groups is 2. The van der Waals surface area contributed by atoms with E-state index < -0.39 is 0 Å². The molecule has 1 saturated heterocycles. The van der Waals surface area contributed by atoms with Crippen LogP contribution in [0.3, 0.4) is 0 Å². The number of benzene rings is 1. The van der Waals surface area contributed by atoms with Crippen molar-refractivity contribution in [1.29, 1.82) is 0 Å². The molecule has 28 heavy (non-hydrogen) atoms. The number of esters is 1. The molecule has 152 valence electrons. The lowest BCUT2D eigenvalue weighted by Gasteiger charge is -2.26. The fourth-order valence-electron chi connectivity index (χ4n) is 2.76. The second kappa shape index (κ2) is 11.8. The van der Waals surface area contributed by atoms with Crippen LogP contribution in [0, 0.1) is 5.92 Å². The monoisotopic (exact) mass is 389 g/mol. The number of allylic oxidation sites excluding steroid dienone is 1. The summed E-state index contributed by atoms with van der Waals surface area (Å²) < 4.78 is 10.2. The number of methoxy groups -OCH3 is 1. The molecule has 0 atom stereocenters. The number of hydrogen-bond donors (Lipinski definition) is 0. The highest BCUT2D eigenvalue weighted by atomic mass is 16.5. The highest BCUT2D eigenvalue weighted by Crippen LogP contribution is 2.20. The summed E-state index contributed by atoms with van der Waals surface area (Å²) in [5.74, 6) is 0.00730.